The van der Waals surface area contributed by atoms with Crippen LogP contribution in [-0.4, -0.2) is 48.2 Å². The van der Waals surface area contributed by atoms with Gasteiger partial charge in [-0.05, 0) is 38.5 Å². The summed E-state index contributed by atoms with van der Waals surface area (Å²) >= 11 is 0. The number of nitrogens with zero attached hydrogens (tertiary/aromatic N) is 1. The molecule has 1 aromatic carbocycles. The molecule has 8 nitrogen and oxygen atoms in total. The van der Waals surface area contributed by atoms with Crippen LogP contribution in [0.25, 0.3) is 0 Å². The SMILES string of the molecule is CCN1C(=O)c2ccc(C(=O)NC(C)CCC(=O)O)cc2S1(=O)=O. The van der Waals surface area contributed by atoms with E-state index in [0.29, 0.717) is 0 Å². The molecular formula is C15H18N2O6S. The van der Waals surface area contributed by atoms with Gasteiger partial charge >= 0.3 is 5.97 Å². The minimum atomic E-state index is -3.93. The number of fused-ring (bicyclic) bond motifs is 1. The van der Waals surface area contributed by atoms with E-state index in [1.54, 1.807) is 13.8 Å². The van der Waals surface area contributed by atoms with Crippen molar-refractivity contribution >= 4 is 27.8 Å². The molecule has 1 unspecified atom stereocenters. The Labute approximate surface area is 139 Å². The van der Waals surface area contributed by atoms with Gasteiger partial charge in [-0.25, -0.2) is 12.7 Å². The van der Waals surface area contributed by atoms with E-state index in [2.05, 4.69) is 5.32 Å². The topological polar surface area (TPSA) is 121 Å². The Kier molecular flexibility index (Phi) is 4.93. The van der Waals surface area contributed by atoms with Crippen molar-refractivity contribution in [1.82, 2.24) is 9.62 Å². The predicted octanol–water partition coefficient (Wildman–Crippen LogP) is 0.834. The van der Waals surface area contributed by atoms with Gasteiger partial charge in [0.2, 0.25) is 0 Å². The second-order valence-electron chi connectivity index (χ2n) is 5.49. The van der Waals surface area contributed by atoms with E-state index in [1.165, 1.54) is 18.2 Å². The van der Waals surface area contributed by atoms with E-state index in [1.807, 2.05) is 0 Å². The average Bonchev–Trinajstić information content (AvgIpc) is 2.71. The van der Waals surface area contributed by atoms with Gasteiger partial charge in [0.25, 0.3) is 21.8 Å². The zero-order valence-electron chi connectivity index (χ0n) is 13.3. The largest absolute Gasteiger partial charge is 0.481 e. The zero-order valence-corrected chi connectivity index (χ0v) is 14.1. The van der Waals surface area contributed by atoms with Crippen LogP contribution in [0.1, 0.15) is 47.4 Å². The summed E-state index contributed by atoms with van der Waals surface area (Å²) in [4.78, 5) is 34.6. The van der Waals surface area contributed by atoms with E-state index >= 15 is 0 Å². The maximum Gasteiger partial charge on any atom is 0.303 e. The van der Waals surface area contributed by atoms with Crippen LogP contribution < -0.4 is 5.32 Å². The number of nitrogens with one attached hydrogen (secondary N) is 1. The molecule has 2 amide bonds. The van der Waals surface area contributed by atoms with Crippen molar-refractivity contribution in [2.24, 2.45) is 0 Å². The molecule has 1 aliphatic heterocycles. The second kappa shape index (κ2) is 6.60. The first-order chi connectivity index (χ1) is 11.2. The third-order valence-electron chi connectivity index (χ3n) is 3.72. The number of hydrogen-bond acceptors (Lipinski definition) is 5. The van der Waals surface area contributed by atoms with Gasteiger partial charge in [-0.15, -0.1) is 0 Å². The highest BCUT2D eigenvalue weighted by atomic mass is 32.2. The van der Waals surface area contributed by atoms with E-state index in [4.69, 9.17) is 5.11 Å². The summed E-state index contributed by atoms with van der Waals surface area (Å²) in [6, 6.07) is 3.50. The van der Waals surface area contributed by atoms with Crippen molar-refractivity contribution in [3.63, 3.8) is 0 Å². The Balaban J connectivity index is 2.22. The summed E-state index contributed by atoms with van der Waals surface area (Å²) in [7, 11) is -3.93. The fraction of sp³-hybridized carbons (Fsp3) is 0.400. The molecule has 0 spiro atoms. The first-order valence-corrected chi connectivity index (χ1v) is 8.86. The lowest BCUT2D eigenvalue weighted by atomic mass is 10.1. The molecule has 1 aliphatic rings. The van der Waals surface area contributed by atoms with Gasteiger partial charge in [0.1, 0.15) is 4.90 Å². The number of carboxylic acid groups (broad SMARTS) is 1. The zero-order chi connectivity index (χ0) is 18.1. The van der Waals surface area contributed by atoms with Crippen LogP contribution in [0, 0.1) is 0 Å². The lowest BCUT2D eigenvalue weighted by molar-refractivity contribution is -0.137. The van der Waals surface area contributed by atoms with Crippen molar-refractivity contribution in [2.45, 2.75) is 37.6 Å². The maximum atomic E-state index is 12.3. The number of benzene rings is 1. The molecule has 1 atom stereocenters. The normalized spacial score (nSPS) is 16.6. The number of hydrogen-bond donors (Lipinski definition) is 2. The van der Waals surface area contributed by atoms with Crippen LogP contribution in [0.2, 0.25) is 0 Å². The Hall–Kier alpha value is -2.42. The van der Waals surface area contributed by atoms with Gasteiger partial charge in [0, 0.05) is 24.6 Å². The lowest BCUT2D eigenvalue weighted by Crippen LogP contribution is -2.33. The third-order valence-corrected chi connectivity index (χ3v) is 5.62. The molecule has 2 N–H and O–H groups in total. The van der Waals surface area contributed by atoms with Crippen LogP contribution in [-0.2, 0) is 14.8 Å². The maximum absolute atomic E-state index is 12.3. The van der Waals surface area contributed by atoms with E-state index in [-0.39, 0.29) is 41.5 Å². The van der Waals surface area contributed by atoms with Crippen molar-refractivity contribution in [1.29, 1.82) is 0 Å². The van der Waals surface area contributed by atoms with Crippen LogP contribution >= 0.6 is 0 Å². The molecule has 0 aliphatic carbocycles. The van der Waals surface area contributed by atoms with Gasteiger partial charge in [-0.3, -0.25) is 14.4 Å². The van der Waals surface area contributed by atoms with Gasteiger partial charge in [-0.1, -0.05) is 0 Å². The number of sulfonamides is 1. The van der Waals surface area contributed by atoms with E-state index in [9.17, 15) is 22.8 Å². The van der Waals surface area contributed by atoms with Crippen LogP contribution in [0.4, 0.5) is 0 Å². The molecule has 2 rings (SSSR count). The van der Waals surface area contributed by atoms with Crippen LogP contribution in [0.5, 0.6) is 0 Å². The molecule has 1 aromatic rings. The predicted molar refractivity (Wildman–Crippen MR) is 84.1 cm³/mol. The number of carbonyl (C=O) groups excluding carboxylic acids is 2. The highest BCUT2D eigenvalue weighted by molar-refractivity contribution is 7.90. The van der Waals surface area contributed by atoms with Crippen molar-refractivity contribution in [3.8, 4) is 0 Å². The smallest absolute Gasteiger partial charge is 0.303 e. The lowest BCUT2D eigenvalue weighted by Gasteiger charge is -2.13. The number of rotatable bonds is 6. The standard InChI is InChI=1S/C15H18N2O6S/c1-3-17-15(21)11-6-5-10(8-12(11)24(17,22)23)14(20)16-9(2)4-7-13(18)19/h5-6,8-9H,3-4,7H2,1-2H3,(H,16,20)(H,18,19). The Morgan fingerprint density at radius 3 is 2.58 bits per heavy atom. The number of carbonyl (C=O) groups is 3. The van der Waals surface area contributed by atoms with Gasteiger partial charge < -0.3 is 10.4 Å². The number of amides is 2. The molecule has 1 heterocycles. The second-order valence-corrected chi connectivity index (χ2v) is 7.32. The molecule has 9 heteroatoms. The molecule has 0 saturated heterocycles. The van der Waals surface area contributed by atoms with E-state index in [0.717, 1.165) is 4.31 Å². The monoisotopic (exact) mass is 354 g/mol. The Morgan fingerprint density at radius 2 is 2.00 bits per heavy atom. The fourth-order valence-corrected chi connectivity index (χ4v) is 4.05. The van der Waals surface area contributed by atoms with Gasteiger partial charge in [0.05, 0.1) is 5.56 Å². The Morgan fingerprint density at radius 1 is 1.33 bits per heavy atom. The van der Waals surface area contributed by atoms with Crippen LogP contribution in [0.15, 0.2) is 23.1 Å². The van der Waals surface area contributed by atoms with Crippen molar-refractivity contribution in [3.05, 3.63) is 29.3 Å². The van der Waals surface area contributed by atoms with Crippen molar-refractivity contribution in [2.75, 3.05) is 6.54 Å². The van der Waals surface area contributed by atoms with E-state index < -0.39 is 27.8 Å². The quantitative estimate of drug-likeness (QED) is 0.781. The Bertz CT molecular complexity index is 802. The summed E-state index contributed by atoms with van der Waals surface area (Å²) in [5, 5.41) is 11.2. The highest BCUT2D eigenvalue weighted by Crippen LogP contribution is 2.30. The van der Waals surface area contributed by atoms with Crippen LogP contribution in [0.3, 0.4) is 0 Å². The summed E-state index contributed by atoms with van der Waals surface area (Å²) in [5.41, 5.74) is 0.151. The summed E-state index contributed by atoms with van der Waals surface area (Å²) in [5.74, 6) is -2.08. The molecule has 0 bridgehead atoms. The molecule has 0 aromatic heterocycles. The summed E-state index contributed by atoms with van der Waals surface area (Å²) < 4.78 is 25.4. The minimum Gasteiger partial charge on any atom is -0.481 e. The first kappa shape index (κ1) is 17.9. The molecule has 0 saturated carbocycles. The third kappa shape index (κ3) is 3.25. The summed E-state index contributed by atoms with van der Waals surface area (Å²) in [6.07, 6.45) is 0.173. The molecule has 24 heavy (non-hydrogen) atoms. The van der Waals surface area contributed by atoms with Gasteiger partial charge in [-0.2, -0.15) is 0 Å². The summed E-state index contributed by atoms with van der Waals surface area (Å²) in [6.45, 7) is 3.23. The molecule has 130 valence electrons. The average molecular weight is 354 g/mol. The fourth-order valence-electron chi connectivity index (χ4n) is 2.45. The molecular weight excluding hydrogens is 336 g/mol. The first-order valence-electron chi connectivity index (χ1n) is 7.42. The van der Waals surface area contributed by atoms with Crippen molar-refractivity contribution < 1.29 is 27.9 Å². The molecule has 0 fully saturated rings. The molecule has 0 radical (unpaired) electrons. The minimum absolute atomic E-state index is 0.0175. The number of carboxylic acids is 1. The van der Waals surface area contributed by atoms with Gasteiger partial charge in [0.15, 0.2) is 0 Å². The number of aliphatic carboxylic acids is 1. The highest BCUT2D eigenvalue weighted by Gasteiger charge is 2.40.